The highest BCUT2D eigenvalue weighted by Crippen LogP contribution is 2.39. The van der Waals surface area contributed by atoms with Gasteiger partial charge in [0, 0.05) is 54.4 Å². The zero-order valence-electron chi connectivity index (χ0n) is 23.4. The molecule has 2 aromatic carbocycles. The predicted molar refractivity (Wildman–Crippen MR) is 165 cm³/mol. The van der Waals surface area contributed by atoms with Gasteiger partial charge in [-0.2, -0.15) is 5.10 Å². The Balaban J connectivity index is 1.14. The molecule has 1 amide bonds. The summed E-state index contributed by atoms with van der Waals surface area (Å²) >= 11 is 0. The van der Waals surface area contributed by atoms with Gasteiger partial charge in [-0.25, -0.2) is 9.97 Å². The average Bonchev–Trinajstić information content (AvgIpc) is 3.44. The van der Waals surface area contributed by atoms with Crippen molar-refractivity contribution < 1.29 is 4.79 Å². The molecule has 0 aliphatic carbocycles. The van der Waals surface area contributed by atoms with E-state index in [0.29, 0.717) is 22.8 Å². The summed E-state index contributed by atoms with van der Waals surface area (Å²) in [6.45, 7) is 9.28. The van der Waals surface area contributed by atoms with Crippen molar-refractivity contribution in [3.05, 3.63) is 78.3 Å². The molecule has 2 aromatic heterocycles. The van der Waals surface area contributed by atoms with E-state index in [1.165, 1.54) is 12.8 Å². The molecule has 0 radical (unpaired) electrons. The molecule has 210 valence electrons. The van der Waals surface area contributed by atoms with E-state index in [4.69, 9.17) is 4.98 Å². The first-order chi connectivity index (χ1) is 20.0. The molecule has 0 unspecified atom stereocenters. The van der Waals surface area contributed by atoms with Gasteiger partial charge in [0.25, 0.3) is 5.91 Å². The first-order valence-corrected chi connectivity index (χ1v) is 14.2. The van der Waals surface area contributed by atoms with E-state index in [9.17, 15) is 4.79 Å². The Morgan fingerprint density at radius 2 is 1.83 bits per heavy atom. The van der Waals surface area contributed by atoms with Gasteiger partial charge in [0.15, 0.2) is 5.82 Å². The minimum absolute atomic E-state index is 0.0827. The number of carbonyl (C=O) groups is 1. The quantitative estimate of drug-likeness (QED) is 0.178. The Bertz CT molecular complexity index is 1570. The van der Waals surface area contributed by atoms with Crippen LogP contribution >= 0.6 is 0 Å². The van der Waals surface area contributed by atoms with Crippen LogP contribution in [-0.2, 0) is 0 Å². The Hall–Kier alpha value is -4.50. The number of nitrogens with one attached hydrogen (secondary N) is 4. The van der Waals surface area contributed by atoms with Crippen LogP contribution in [0.2, 0.25) is 0 Å². The second kappa shape index (κ2) is 11.5. The highest BCUT2D eigenvalue weighted by molar-refractivity contribution is 5.98. The van der Waals surface area contributed by atoms with Crippen LogP contribution in [0, 0.1) is 5.41 Å². The molecule has 2 saturated heterocycles. The summed E-state index contributed by atoms with van der Waals surface area (Å²) in [6, 6.07) is 17.9. The number of amides is 1. The number of likely N-dealkylation sites (tertiary alicyclic amines) is 1. The SMILES string of the molecule is C=NN/C=C(\C)c1ccc(Nc2ccnc(-c3ccc4cc(C(=O)N5CCC6(CCNCC6)CC5)[nH]c4c3)n2)cc1. The zero-order valence-corrected chi connectivity index (χ0v) is 23.4. The number of aromatic nitrogens is 3. The lowest BCUT2D eigenvalue weighted by Crippen LogP contribution is -2.47. The fourth-order valence-corrected chi connectivity index (χ4v) is 5.95. The molecule has 4 N–H and O–H groups in total. The van der Waals surface area contributed by atoms with Gasteiger partial charge in [0.05, 0.1) is 0 Å². The van der Waals surface area contributed by atoms with Crippen molar-refractivity contribution in [1.82, 2.24) is 30.6 Å². The van der Waals surface area contributed by atoms with Gasteiger partial charge in [-0.05, 0) is 92.6 Å². The van der Waals surface area contributed by atoms with Crippen molar-refractivity contribution in [2.75, 3.05) is 31.5 Å². The molecule has 2 aliphatic rings. The van der Waals surface area contributed by atoms with Crippen LogP contribution in [0.5, 0.6) is 0 Å². The summed E-state index contributed by atoms with van der Waals surface area (Å²) in [5, 5.41) is 11.5. The maximum Gasteiger partial charge on any atom is 0.270 e. The molecule has 9 heteroatoms. The summed E-state index contributed by atoms with van der Waals surface area (Å²) in [7, 11) is 0. The Kier molecular flexibility index (Phi) is 7.52. The summed E-state index contributed by atoms with van der Waals surface area (Å²) in [5.41, 5.74) is 8.66. The molecule has 41 heavy (non-hydrogen) atoms. The number of piperidine rings is 2. The number of anilines is 2. The minimum Gasteiger partial charge on any atom is -0.351 e. The summed E-state index contributed by atoms with van der Waals surface area (Å²) < 4.78 is 0. The van der Waals surface area contributed by atoms with E-state index in [1.807, 2.05) is 72.6 Å². The number of H-pyrrole nitrogens is 1. The van der Waals surface area contributed by atoms with Gasteiger partial charge in [0.2, 0.25) is 0 Å². The number of carbonyl (C=O) groups excluding carboxylic acids is 1. The van der Waals surface area contributed by atoms with E-state index in [2.05, 4.69) is 37.8 Å². The van der Waals surface area contributed by atoms with E-state index >= 15 is 0 Å². The first kappa shape index (κ1) is 26.7. The maximum absolute atomic E-state index is 13.4. The van der Waals surface area contributed by atoms with Gasteiger partial charge >= 0.3 is 0 Å². The number of hydrazone groups is 1. The number of allylic oxidation sites excluding steroid dienone is 1. The van der Waals surface area contributed by atoms with Crippen LogP contribution in [-0.4, -0.2) is 58.7 Å². The van der Waals surface area contributed by atoms with Gasteiger partial charge in [0.1, 0.15) is 11.5 Å². The summed E-state index contributed by atoms with van der Waals surface area (Å²) in [4.78, 5) is 28.0. The highest BCUT2D eigenvalue weighted by Gasteiger charge is 2.37. The normalized spacial score (nSPS) is 17.0. The molecule has 0 saturated carbocycles. The molecule has 9 nitrogen and oxygen atoms in total. The number of rotatable bonds is 7. The fraction of sp³-hybridized carbons (Fsp3) is 0.312. The van der Waals surface area contributed by atoms with Gasteiger partial charge in [-0.15, -0.1) is 0 Å². The van der Waals surface area contributed by atoms with Crippen LogP contribution in [0.3, 0.4) is 0 Å². The summed E-state index contributed by atoms with van der Waals surface area (Å²) in [5.74, 6) is 1.40. The molecular weight excluding hydrogens is 512 g/mol. The molecule has 4 heterocycles. The van der Waals surface area contributed by atoms with Crippen molar-refractivity contribution in [2.24, 2.45) is 10.5 Å². The number of fused-ring (bicyclic) bond motifs is 1. The third-order valence-corrected chi connectivity index (χ3v) is 8.53. The van der Waals surface area contributed by atoms with Gasteiger partial charge in [-0.3, -0.25) is 10.2 Å². The number of hydrogen-bond donors (Lipinski definition) is 4. The maximum atomic E-state index is 13.4. The first-order valence-electron chi connectivity index (χ1n) is 14.2. The molecule has 2 aliphatic heterocycles. The van der Waals surface area contributed by atoms with E-state index in [-0.39, 0.29) is 5.91 Å². The molecule has 1 spiro atoms. The summed E-state index contributed by atoms with van der Waals surface area (Å²) in [6.07, 6.45) is 8.19. The topological polar surface area (TPSA) is 110 Å². The smallest absolute Gasteiger partial charge is 0.270 e. The fourth-order valence-electron chi connectivity index (χ4n) is 5.95. The second-order valence-corrected chi connectivity index (χ2v) is 11.1. The lowest BCUT2D eigenvalue weighted by atomic mass is 9.71. The number of benzene rings is 2. The third-order valence-electron chi connectivity index (χ3n) is 8.53. The molecular formula is C32H36N8O. The molecule has 4 aromatic rings. The standard InChI is InChI=1S/C32H36N8O/c1-22(21-36-33-2)23-5-7-26(8-6-23)37-29-9-14-35-30(39-29)25-4-3-24-19-28(38-27(24)20-25)31(41)40-17-12-32(13-18-40)10-15-34-16-11-32/h3-9,14,19-21,34,36,38H,2,10-13,15-18H2,1H3,(H,35,37,39)/b22-21+. The second-order valence-electron chi connectivity index (χ2n) is 11.1. The van der Waals surface area contributed by atoms with E-state index < -0.39 is 0 Å². The zero-order chi connectivity index (χ0) is 28.2. The Labute approximate surface area is 240 Å². The van der Waals surface area contributed by atoms with Crippen molar-refractivity contribution in [3.8, 4) is 11.4 Å². The molecule has 2 fully saturated rings. The number of hydrogen-bond acceptors (Lipinski definition) is 7. The average molecular weight is 549 g/mol. The number of aromatic amines is 1. The molecule has 6 rings (SSSR count). The van der Waals surface area contributed by atoms with Crippen LogP contribution in [0.15, 0.2) is 72.1 Å². The van der Waals surface area contributed by atoms with Crippen LogP contribution in [0.4, 0.5) is 11.5 Å². The van der Waals surface area contributed by atoms with E-state index in [1.54, 1.807) is 6.20 Å². The van der Waals surface area contributed by atoms with E-state index in [0.717, 1.165) is 72.3 Å². The van der Waals surface area contributed by atoms with Gasteiger partial charge < -0.3 is 20.5 Å². The van der Waals surface area contributed by atoms with Crippen LogP contribution in [0.25, 0.3) is 27.9 Å². The highest BCUT2D eigenvalue weighted by atomic mass is 16.2. The van der Waals surface area contributed by atoms with Crippen molar-refractivity contribution >= 4 is 40.6 Å². The third kappa shape index (κ3) is 5.85. The van der Waals surface area contributed by atoms with Crippen molar-refractivity contribution in [2.45, 2.75) is 32.6 Å². The van der Waals surface area contributed by atoms with Crippen LogP contribution in [0.1, 0.15) is 48.7 Å². The lowest BCUT2D eigenvalue weighted by Gasteiger charge is -2.44. The van der Waals surface area contributed by atoms with Crippen molar-refractivity contribution in [3.63, 3.8) is 0 Å². The number of nitrogens with zero attached hydrogens (tertiary/aromatic N) is 4. The van der Waals surface area contributed by atoms with Crippen molar-refractivity contribution in [1.29, 1.82) is 0 Å². The lowest BCUT2D eigenvalue weighted by molar-refractivity contribution is 0.0491. The largest absolute Gasteiger partial charge is 0.351 e. The van der Waals surface area contributed by atoms with Gasteiger partial charge in [-0.1, -0.05) is 24.3 Å². The van der Waals surface area contributed by atoms with Crippen LogP contribution < -0.4 is 16.1 Å². The minimum atomic E-state index is 0.0827. The Morgan fingerprint density at radius 3 is 2.59 bits per heavy atom. The monoisotopic (exact) mass is 548 g/mol. The molecule has 0 bridgehead atoms. The Morgan fingerprint density at radius 1 is 1.05 bits per heavy atom. The predicted octanol–water partition coefficient (Wildman–Crippen LogP) is 5.54. The molecule has 0 atom stereocenters.